The van der Waals surface area contributed by atoms with Gasteiger partial charge in [0.05, 0.1) is 12.3 Å². The fourth-order valence-corrected chi connectivity index (χ4v) is 3.15. The van der Waals surface area contributed by atoms with Crippen LogP contribution in [-0.2, 0) is 9.59 Å². The van der Waals surface area contributed by atoms with Gasteiger partial charge in [0, 0.05) is 0 Å². The molecule has 1 aromatic carbocycles. The first-order chi connectivity index (χ1) is 12.9. The molecule has 27 heavy (non-hydrogen) atoms. The summed E-state index contributed by atoms with van der Waals surface area (Å²) in [4.78, 5) is 38.3. The van der Waals surface area contributed by atoms with E-state index in [0.29, 0.717) is 24.5 Å². The van der Waals surface area contributed by atoms with E-state index in [1.54, 1.807) is 25.1 Å². The number of ether oxygens (including phenoxy) is 1. The van der Waals surface area contributed by atoms with Gasteiger partial charge >= 0.3 is 6.03 Å². The number of nitrogens with one attached hydrogen (secondary N) is 2. The zero-order chi connectivity index (χ0) is 19.9. The fourth-order valence-electron chi connectivity index (χ4n) is 3.15. The maximum atomic E-state index is 12.7. The molecule has 0 aliphatic carbocycles. The van der Waals surface area contributed by atoms with Crippen LogP contribution in [0.3, 0.4) is 0 Å². The third-order valence-electron chi connectivity index (χ3n) is 4.64. The van der Waals surface area contributed by atoms with Crippen molar-refractivity contribution in [1.82, 2.24) is 10.2 Å². The Kier molecular flexibility index (Phi) is 7.21. The SMILES string of the molecule is CCCCCCC1(C)NC(=O)N(CC(=O)Nc2ccccc2OCC)C1=O. The summed E-state index contributed by atoms with van der Waals surface area (Å²) in [5, 5.41) is 5.45. The van der Waals surface area contributed by atoms with Gasteiger partial charge in [0.2, 0.25) is 5.91 Å². The monoisotopic (exact) mass is 375 g/mol. The molecule has 7 heteroatoms. The van der Waals surface area contributed by atoms with E-state index in [1.807, 2.05) is 13.0 Å². The Balaban J connectivity index is 1.97. The summed E-state index contributed by atoms with van der Waals surface area (Å²) in [7, 11) is 0. The van der Waals surface area contributed by atoms with Gasteiger partial charge in [-0.2, -0.15) is 0 Å². The molecule has 2 N–H and O–H groups in total. The third-order valence-corrected chi connectivity index (χ3v) is 4.64. The van der Waals surface area contributed by atoms with E-state index in [1.165, 1.54) is 0 Å². The minimum atomic E-state index is -0.936. The number of para-hydroxylation sites is 2. The van der Waals surface area contributed by atoms with Gasteiger partial charge in [0.1, 0.15) is 17.8 Å². The molecular weight excluding hydrogens is 346 g/mol. The molecule has 1 unspecified atom stereocenters. The lowest BCUT2D eigenvalue weighted by molar-refractivity contribution is -0.133. The second kappa shape index (κ2) is 9.39. The second-order valence-electron chi connectivity index (χ2n) is 6.94. The molecule has 0 bridgehead atoms. The van der Waals surface area contributed by atoms with Crippen LogP contribution in [0.2, 0.25) is 0 Å². The van der Waals surface area contributed by atoms with Gasteiger partial charge < -0.3 is 15.4 Å². The van der Waals surface area contributed by atoms with Crippen LogP contribution < -0.4 is 15.4 Å². The van der Waals surface area contributed by atoms with Crippen LogP contribution in [0.25, 0.3) is 0 Å². The Hall–Kier alpha value is -2.57. The Bertz CT molecular complexity index is 692. The quantitative estimate of drug-likeness (QED) is 0.485. The predicted octanol–water partition coefficient (Wildman–Crippen LogP) is 3.30. The summed E-state index contributed by atoms with van der Waals surface area (Å²) in [6.07, 6.45) is 4.65. The van der Waals surface area contributed by atoms with Crippen molar-refractivity contribution in [2.24, 2.45) is 0 Å². The van der Waals surface area contributed by atoms with Crippen LogP contribution in [0.1, 0.15) is 52.9 Å². The van der Waals surface area contributed by atoms with Gasteiger partial charge in [-0.3, -0.25) is 14.5 Å². The molecule has 1 heterocycles. The van der Waals surface area contributed by atoms with Crippen molar-refractivity contribution in [3.63, 3.8) is 0 Å². The summed E-state index contributed by atoms with van der Waals surface area (Å²) < 4.78 is 5.47. The van der Waals surface area contributed by atoms with E-state index in [0.717, 1.165) is 30.6 Å². The number of imide groups is 1. The molecule has 0 aromatic heterocycles. The van der Waals surface area contributed by atoms with Crippen molar-refractivity contribution >= 4 is 23.5 Å². The zero-order valence-electron chi connectivity index (χ0n) is 16.3. The number of hydrogen-bond donors (Lipinski definition) is 2. The van der Waals surface area contributed by atoms with Crippen molar-refractivity contribution in [3.05, 3.63) is 24.3 Å². The molecule has 4 amide bonds. The lowest BCUT2D eigenvalue weighted by Crippen LogP contribution is -2.44. The number of anilines is 1. The molecule has 148 valence electrons. The number of nitrogens with zero attached hydrogens (tertiary/aromatic N) is 1. The largest absolute Gasteiger partial charge is 0.492 e. The fraction of sp³-hybridized carbons (Fsp3) is 0.550. The molecule has 0 spiro atoms. The summed E-state index contributed by atoms with van der Waals surface area (Å²) in [6.45, 7) is 5.84. The molecule has 1 saturated heterocycles. The van der Waals surface area contributed by atoms with Gasteiger partial charge in [-0.15, -0.1) is 0 Å². The standard InChI is InChI=1S/C20H29N3O4/c1-4-6-7-10-13-20(3)18(25)23(19(26)22-20)14-17(24)21-15-11-8-9-12-16(15)27-5-2/h8-9,11-12H,4-7,10,13-14H2,1-3H3,(H,21,24)(H,22,26). The number of carbonyl (C=O) groups is 3. The number of unbranched alkanes of at least 4 members (excludes halogenated alkanes) is 3. The highest BCUT2D eigenvalue weighted by atomic mass is 16.5. The van der Waals surface area contributed by atoms with E-state index in [-0.39, 0.29) is 12.5 Å². The molecule has 0 radical (unpaired) electrons. The van der Waals surface area contributed by atoms with Crippen LogP contribution in [0, 0.1) is 0 Å². The van der Waals surface area contributed by atoms with E-state index in [4.69, 9.17) is 4.74 Å². The van der Waals surface area contributed by atoms with Crippen LogP contribution in [0.4, 0.5) is 10.5 Å². The van der Waals surface area contributed by atoms with Crippen LogP contribution in [0.15, 0.2) is 24.3 Å². The van der Waals surface area contributed by atoms with Crippen molar-refractivity contribution in [1.29, 1.82) is 0 Å². The van der Waals surface area contributed by atoms with E-state index < -0.39 is 17.5 Å². The minimum Gasteiger partial charge on any atom is -0.492 e. The van der Waals surface area contributed by atoms with Crippen molar-refractivity contribution in [2.45, 2.75) is 58.4 Å². The summed E-state index contributed by atoms with van der Waals surface area (Å²) in [6, 6.07) is 6.53. The molecule has 1 aliphatic heterocycles. The molecule has 1 fully saturated rings. The van der Waals surface area contributed by atoms with E-state index in [9.17, 15) is 14.4 Å². The molecule has 7 nitrogen and oxygen atoms in total. The normalized spacial score (nSPS) is 19.1. The van der Waals surface area contributed by atoms with Gasteiger partial charge in [0.25, 0.3) is 5.91 Å². The predicted molar refractivity (Wildman–Crippen MR) is 104 cm³/mol. The first-order valence-corrected chi connectivity index (χ1v) is 9.57. The van der Waals surface area contributed by atoms with Gasteiger partial charge in [0.15, 0.2) is 0 Å². The zero-order valence-corrected chi connectivity index (χ0v) is 16.3. The van der Waals surface area contributed by atoms with Crippen LogP contribution in [-0.4, -0.2) is 41.4 Å². The summed E-state index contributed by atoms with van der Waals surface area (Å²) >= 11 is 0. The minimum absolute atomic E-state index is 0.324. The average Bonchev–Trinajstić information content (AvgIpc) is 2.84. The number of carbonyl (C=O) groups excluding carboxylic acids is 3. The first-order valence-electron chi connectivity index (χ1n) is 9.57. The highest BCUT2D eigenvalue weighted by Crippen LogP contribution is 2.26. The smallest absolute Gasteiger partial charge is 0.325 e. The Morgan fingerprint density at radius 1 is 1.19 bits per heavy atom. The number of amides is 4. The first kappa shape index (κ1) is 20.7. The van der Waals surface area contributed by atoms with Gasteiger partial charge in [-0.1, -0.05) is 44.7 Å². The van der Waals surface area contributed by atoms with Crippen molar-refractivity contribution in [3.8, 4) is 5.75 Å². The van der Waals surface area contributed by atoms with E-state index >= 15 is 0 Å². The van der Waals surface area contributed by atoms with Crippen LogP contribution >= 0.6 is 0 Å². The number of hydrogen-bond acceptors (Lipinski definition) is 4. The topological polar surface area (TPSA) is 87.7 Å². The maximum absolute atomic E-state index is 12.7. The Morgan fingerprint density at radius 2 is 1.93 bits per heavy atom. The number of rotatable bonds is 10. The molecular formula is C20H29N3O4. The van der Waals surface area contributed by atoms with Gasteiger partial charge in [-0.25, -0.2) is 4.79 Å². The highest BCUT2D eigenvalue weighted by molar-refractivity contribution is 6.10. The van der Waals surface area contributed by atoms with Gasteiger partial charge in [-0.05, 0) is 32.4 Å². The lowest BCUT2D eigenvalue weighted by Gasteiger charge is -2.21. The van der Waals surface area contributed by atoms with Crippen LogP contribution in [0.5, 0.6) is 5.75 Å². The molecule has 1 atom stereocenters. The maximum Gasteiger partial charge on any atom is 0.325 e. The third kappa shape index (κ3) is 5.21. The Morgan fingerprint density at radius 3 is 2.63 bits per heavy atom. The Labute approximate surface area is 160 Å². The lowest BCUT2D eigenvalue weighted by atomic mass is 9.94. The molecule has 0 saturated carbocycles. The highest BCUT2D eigenvalue weighted by Gasteiger charge is 2.47. The average molecular weight is 375 g/mol. The van der Waals surface area contributed by atoms with E-state index in [2.05, 4.69) is 17.6 Å². The number of urea groups is 1. The molecule has 2 rings (SSSR count). The van der Waals surface area contributed by atoms with Crippen molar-refractivity contribution in [2.75, 3.05) is 18.5 Å². The summed E-state index contributed by atoms with van der Waals surface area (Å²) in [5.74, 6) is -0.246. The second-order valence-corrected chi connectivity index (χ2v) is 6.94. The molecule has 1 aromatic rings. The van der Waals surface area contributed by atoms with Crippen molar-refractivity contribution < 1.29 is 19.1 Å². The number of benzene rings is 1. The summed E-state index contributed by atoms with van der Waals surface area (Å²) in [5.41, 5.74) is -0.423. The molecule has 1 aliphatic rings.